The van der Waals surface area contributed by atoms with Crippen LogP contribution in [-0.4, -0.2) is 0 Å². The molecule has 7 aromatic rings. The molecule has 1 heterocycles. The van der Waals surface area contributed by atoms with Gasteiger partial charge in [0.15, 0.2) is 0 Å². The van der Waals surface area contributed by atoms with Crippen LogP contribution in [0.1, 0.15) is 0 Å². The van der Waals surface area contributed by atoms with Gasteiger partial charge in [-0.15, -0.1) is 0 Å². The predicted octanol–water partition coefficient (Wildman–Crippen LogP) is 9.61. The molecule has 0 unspecified atom stereocenters. The molecule has 7 rings (SSSR count). The summed E-state index contributed by atoms with van der Waals surface area (Å²) < 4.78 is 6.38. The summed E-state index contributed by atoms with van der Waals surface area (Å²) >= 11 is 0. The summed E-state index contributed by atoms with van der Waals surface area (Å²) in [6.45, 7) is 0. The first-order valence-corrected chi connectivity index (χ1v) is 13.1. The minimum absolute atomic E-state index is 0.0207. The molecule has 0 amide bonds. The second-order valence-electron chi connectivity index (χ2n) is 9.68. The van der Waals surface area contributed by atoms with Crippen LogP contribution in [0.5, 0.6) is 0 Å². The molecule has 2 heteroatoms. The van der Waals surface area contributed by atoms with E-state index in [1.54, 1.807) is 0 Å². The summed E-state index contributed by atoms with van der Waals surface area (Å²) in [6.07, 6.45) is 0. The van der Waals surface area contributed by atoms with Crippen LogP contribution >= 0.6 is 0 Å². The molecule has 39 heavy (non-hydrogen) atoms. The lowest BCUT2D eigenvalue weighted by Crippen LogP contribution is -2.05. The summed E-state index contributed by atoms with van der Waals surface area (Å²) in [5, 5.41) is 1.20. The Labute approximate surface area is 226 Å². The van der Waals surface area contributed by atoms with E-state index in [9.17, 15) is 4.79 Å². The highest BCUT2D eigenvalue weighted by atomic mass is 16.3. The number of rotatable bonds is 4. The summed E-state index contributed by atoms with van der Waals surface area (Å²) in [7, 11) is 0. The van der Waals surface area contributed by atoms with Gasteiger partial charge >= 0.3 is 0 Å². The quantitative estimate of drug-likeness (QED) is 0.225. The summed E-state index contributed by atoms with van der Waals surface area (Å²) in [5.74, 6) is 0. The van der Waals surface area contributed by atoms with E-state index in [1.165, 1.54) is 0 Å². The molecular formula is C37H24O2. The van der Waals surface area contributed by atoms with E-state index in [2.05, 4.69) is 60.7 Å². The van der Waals surface area contributed by atoms with Gasteiger partial charge in [-0.05, 0) is 68.8 Å². The molecule has 2 nitrogen and oxygen atoms in total. The van der Waals surface area contributed by atoms with E-state index in [1.807, 2.05) is 84.9 Å². The summed E-state index contributed by atoms with van der Waals surface area (Å²) in [4.78, 5) is 14.3. The minimum Gasteiger partial charge on any atom is -0.456 e. The normalized spacial score (nSPS) is 11.2. The Balaban J connectivity index is 1.45. The smallest absolute Gasteiger partial charge is 0.201 e. The van der Waals surface area contributed by atoms with Crippen molar-refractivity contribution in [2.45, 2.75) is 0 Å². The van der Waals surface area contributed by atoms with Gasteiger partial charge in [-0.2, -0.15) is 0 Å². The Bertz CT molecular complexity index is 1880. The van der Waals surface area contributed by atoms with E-state index in [4.69, 9.17) is 4.42 Å². The maximum Gasteiger partial charge on any atom is 0.201 e. The number of hydrogen-bond acceptors (Lipinski definition) is 2. The Hall–Kier alpha value is -5.21. The van der Waals surface area contributed by atoms with E-state index in [0.29, 0.717) is 21.9 Å². The fraction of sp³-hybridized carbons (Fsp3) is 0. The first kappa shape index (κ1) is 22.9. The molecule has 0 saturated carbocycles. The molecule has 0 fully saturated rings. The Kier molecular flexibility index (Phi) is 5.64. The number of hydrogen-bond donors (Lipinski definition) is 0. The maximum absolute atomic E-state index is 14.3. The van der Waals surface area contributed by atoms with Crippen molar-refractivity contribution in [1.29, 1.82) is 0 Å². The molecule has 184 valence electrons. The van der Waals surface area contributed by atoms with Gasteiger partial charge < -0.3 is 4.42 Å². The lowest BCUT2D eigenvalue weighted by Gasteiger charge is -2.12. The van der Waals surface area contributed by atoms with Gasteiger partial charge in [0.05, 0.1) is 10.8 Å². The van der Waals surface area contributed by atoms with Gasteiger partial charge in [0.1, 0.15) is 11.2 Å². The van der Waals surface area contributed by atoms with Gasteiger partial charge in [0.2, 0.25) is 5.43 Å². The van der Waals surface area contributed by atoms with E-state index >= 15 is 0 Å². The van der Waals surface area contributed by atoms with Gasteiger partial charge in [0, 0.05) is 0 Å². The largest absolute Gasteiger partial charge is 0.456 e. The van der Waals surface area contributed by atoms with Crippen molar-refractivity contribution < 1.29 is 4.42 Å². The van der Waals surface area contributed by atoms with Crippen LogP contribution < -0.4 is 5.43 Å². The molecule has 0 atom stereocenters. The maximum atomic E-state index is 14.3. The molecule has 0 aliphatic carbocycles. The molecule has 0 aliphatic heterocycles. The third kappa shape index (κ3) is 4.13. The first-order valence-electron chi connectivity index (χ1n) is 13.1. The van der Waals surface area contributed by atoms with E-state index < -0.39 is 0 Å². The zero-order chi connectivity index (χ0) is 26.2. The zero-order valence-corrected chi connectivity index (χ0v) is 21.2. The van der Waals surface area contributed by atoms with Gasteiger partial charge in [0.25, 0.3) is 0 Å². The Morgan fingerprint density at radius 1 is 0.359 bits per heavy atom. The lowest BCUT2D eigenvalue weighted by molar-refractivity contribution is 0.660. The van der Waals surface area contributed by atoms with Crippen LogP contribution in [0.3, 0.4) is 0 Å². The SMILES string of the molecule is O=c1c2c(-c3cccc(-c4ccccc4)c3)cccc2oc2cccc(-c3cccc(-c4ccccc4)c3)c12. The van der Waals surface area contributed by atoms with Gasteiger partial charge in [-0.1, -0.05) is 121 Å². The molecular weight excluding hydrogens is 476 g/mol. The molecule has 6 aromatic carbocycles. The van der Waals surface area contributed by atoms with Crippen molar-refractivity contribution in [3.05, 3.63) is 156 Å². The van der Waals surface area contributed by atoms with Crippen LogP contribution in [0.25, 0.3) is 66.4 Å². The topological polar surface area (TPSA) is 30.2 Å². The molecule has 0 aliphatic rings. The monoisotopic (exact) mass is 500 g/mol. The summed E-state index contributed by atoms with van der Waals surface area (Å²) in [6, 6.07) is 48.9. The van der Waals surface area contributed by atoms with Crippen molar-refractivity contribution in [3.63, 3.8) is 0 Å². The van der Waals surface area contributed by atoms with E-state index in [-0.39, 0.29) is 5.43 Å². The van der Waals surface area contributed by atoms with Crippen molar-refractivity contribution in [2.75, 3.05) is 0 Å². The van der Waals surface area contributed by atoms with Crippen LogP contribution in [0.4, 0.5) is 0 Å². The fourth-order valence-corrected chi connectivity index (χ4v) is 5.42. The van der Waals surface area contributed by atoms with Crippen LogP contribution in [0.15, 0.2) is 155 Å². The standard InChI is InChI=1S/C37H24O2/c38-37-35-31(29-17-7-15-27(23-29)25-11-3-1-4-12-25)19-9-21-33(35)39-34-22-10-20-32(36(34)37)30-18-8-16-28(24-30)26-13-5-2-6-14-26/h1-24H. The van der Waals surface area contributed by atoms with Crippen molar-refractivity contribution >= 4 is 21.9 Å². The highest BCUT2D eigenvalue weighted by molar-refractivity contribution is 6.04. The highest BCUT2D eigenvalue weighted by Crippen LogP contribution is 2.35. The Morgan fingerprint density at radius 2 is 0.744 bits per heavy atom. The third-order valence-electron chi connectivity index (χ3n) is 7.29. The van der Waals surface area contributed by atoms with Gasteiger partial charge in [-0.25, -0.2) is 0 Å². The van der Waals surface area contributed by atoms with Crippen LogP contribution in [0, 0.1) is 0 Å². The average molecular weight is 501 g/mol. The number of benzene rings is 6. The average Bonchev–Trinajstić information content (AvgIpc) is 3.01. The zero-order valence-electron chi connectivity index (χ0n) is 21.2. The number of fused-ring (bicyclic) bond motifs is 2. The Morgan fingerprint density at radius 3 is 1.21 bits per heavy atom. The van der Waals surface area contributed by atoms with Crippen molar-refractivity contribution in [1.82, 2.24) is 0 Å². The minimum atomic E-state index is -0.0207. The van der Waals surface area contributed by atoms with Crippen LogP contribution in [-0.2, 0) is 0 Å². The molecule has 0 spiro atoms. The predicted molar refractivity (Wildman–Crippen MR) is 162 cm³/mol. The molecule has 0 N–H and O–H groups in total. The lowest BCUT2D eigenvalue weighted by atomic mass is 9.93. The second-order valence-corrected chi connectivity index (χ2v) is 9.68. The molecule has 1 aromatic heterocycles. The molecule has 0 saturated heterocycles. The van der Waals surface area contributed by atoms with Crippen molar-refractivity contribution in [2.24, 2.45) is 0 Å². The first-order chi connectivity index (χ1) is 19.3. The highest BCUT2D eigenvalue weighted by Gasteiger charge is 2.17. The third-order valence-corrected chi connectivity index (χ3v) is 7.29. The molecule has 0 bridgehead atoms. The fourth-order valence-electron chi connectivity index (χ4n) is 5.42. The van der Waals surface area contributed by atoms with Crippen LogP contribution in [0.2, 0.25) is 0 Å². The van der Waals surface area contributed by atoms with E-state index in [0.717, 1.165) is 44.5 Å². The second kappa shape index (κ2) is 9.59. The summed E-state index contributed by atoms with van der Waals surface area (Å²) in [5.41, 5.74) is 9.35. The van der Waals surface area contributed by atoms with Crippen molar-refractivity contribution in [3.8, 4) is 44.5 Å². The van der Waals surface area contributed by atoms with Gasteiger partial charge in [-0.3, -0.25) is 4.79 Å². The molecule has 0 radical (unpaired) electrons.